The van der Waals surface area contributed by atoms with Crippen molar-refractivity contribution in [3.8, 4) is 0 Å². The van der Waals surface area contributed by atoms with E-state index < -0.39 is 0 Å². The lowest BCUT2D eigenvalue weighted by Crippen LogP contribution is -2.36. The molecule has 0 saturated heterocycles. The molecule has 0 atom stereocenters. The van der Waals surface area contributed by atoms with Crippen LogP contribution in [0.5, 0.6) is 0 Å². The highest BCUT2D eigenvalue weighted by molar-refractivity contribution is 9.10. The Balaban J connectivity index is 2.30. The summed E-state index contributed by atoms with van der Waals surface area (Å²) < 4.78 is 13.6. The van der Waals surface area contributed by atoms with E-state index in [9.17, 15) is 4.39 Å². The monoisotopic (exact) mass is 313 g/mol. The van der Waals surface area contributed by atoms with Crippen LogP contribution in [0, 0.1) is 5.82 Å². The van der Waals surface area contributed by atoms with E-state index >= 15 is 0 Å². The van der Waals surface area contributed by atoms with Crippen LogP contribution in [-0.2, 0) is 6.42 Å². The number of benzene rings is 1. The molecule has 0 radical (unpaired) electrons. The maximum absolute atomic E-state index is 13.0. The van der Waals surface area contributed by atoms with Crippen LogP contribution < -0.4 is 5.32 Å². The quantitative estimate of drug-likeness (QED) is 0.625. The predicted octanol–water partition coefficient (Wildman–Crippen LogP) is 4.47. The molecule has 0 amide bonds. The first-order chi connectivity index (χ1) is 8.38. The van der Waals surface area contributed by atoms with Gasteiger partial charge in [-0.2, -0.15) is 0 Å². The summed E-state index contributed by atoms with van der Waals surface area (Å²) in [4.78, 5) is 0. The third-order valence-electron chi connectivity index (χ3n) is 2.47. The van der Waals surface area contributed by atoms with E-state index in [1.807, 2.05) is 12.1 Å². The number of hydrogen-bond donors (Lipinski definition) is 1. The SMILES string of the molecule is CC(C)(C)NCCC=CCc1ccc(F)c(Br)c1. The topological polar surface area (TPSA) is 12.0 Å². The molecule has 1 aromatic carbocycles. The molecule has 1 aromatic rings. The Morgan fingerprint density at radius 3 is 2.61 bits per heavy atom. The first-order valence-electron chi connectivity index (χ1n) is 6.22. The standard InChI is InChI=1S/C15H21BrFN/c1-15(2,3)18-10-6-4-5-7-12-8-9-14(17)13(16)11-12/h4-5,8-9,11,18H,6-7,10H2,1-3H3. The Morgan fingerprint density at radius 1 is 1.28 bits per heavy atom. The smallest absolute Gasteiger partial charge is 0.137 e. The minimum atomic E-state index is -0.211. The highest BCUT2D eigenvalue weighted by Gasteiger charge is 2.06. The van der Waals surface area contributed by atoms with Crippen molar-refractivity contribution >= 4 is 15.9 Å². The van der Waals surface area contributed by atoms with Crippen molar-refractivity contribution in [3.63, 3.8) is 0 Å². The molecule has 0 fully saturated rings. The Hall–Kier alpha value is -0.670. The zero-order valence-corrected chi connectivity index (χ0v) is 12.8. The summed E-state index contributed by atoms with van der Waals surface area (Å²) in [6, 6.07) is 5.14. The van der Waals surface area contributed by atoms with Crippen LogP contribution >= 0.6 is 15.9 Å². The van der Waals surface area contributed by atoms with Gasteiger partial charge in [0.1, 0.15) is 5.82 Å². The van der Waals surface area contributed by atoms with Gasteiger partial charge in [-0.3, -0.25) is 0 Å². The van der Waals surface area contributed by atoms with Crippen molar-refractivity contribution in [2.75, 3.05) is 6.54 Å². The van der Waals surface area contributed by atoms with Gasteiger partial charge < -0.3 is 5.32 Å². The van der Waals surface area contributed by atoms with Crippen LogP contribution in [0.4, 0.5) is 4.39 Å². The molecule has 0 aliphatic heterocycles. The molecule has 1 N–H and O–H groups in total. The van der Waals surface area contributed by atoms with Gasteiger partial charge in [0.15, 0.2) is 0 Å². The zero-order chi connectivity index (χ0) is 13.6. The predicted molar refractivity (Wildman–Crippen MR) is 79.3 cm³/mol. The van der Waals surface area contributed by atoms with Gasteiger partial charge in [-0.25, -0.2) is 4.39 Å². The van der Waals surface area contributed by atoms with Crippen molar-refractivity contribution in [1.82, 2.24) is 5.32 Å². The van der Waals surface area contributed by atoms with Gasteiger partial charge in [0.25, 0.3) is 0 Å². The summed E-state index contributed by atoms with van der Waals surface area (Å²) in [5.41, 5.74) is 1.29. The van der Waals surface area contributed by atoms with Crippen LogP contribution in [0.3, 0.4) is 0 Å². The first-order valence-corrected chi connectivity index (χ1v) is 7.02. The normalized spacial score (nSPS) is 12.3. The fourth-order valence-corrected chi connectivity index (χ4v) is 1.96. The lowest BCUT2D eigenvalue weighted by Gasteiger charge is -2.19. The Kier molecular flexibility index (Phi) is 6.03. The second-order valence-corrected chi connectivity index (χ2v) is 6.24. The van der Waals surface area contributed by atoms with E-state index in [4.69, 9.17) is 0 Å². The summed E-state index contributed by atoms with van der Waals surface area (Å²) in [5, 5.41) is 3.43. The molecule has 0 saturated carbocycles. The molecule has 1 rings (SSSR count). The van der Waals surface area contributed by atoms with Crippen LogP contribution in [0.25, 0.3) is 0 Å². The van der Waals surface area contributed by atoms with Crippen molar-refractivity contribution in [2.45, 2.75) is 39.2 Å². The second kappa shape index (κ2) is 7.05. The number of rotatable bonds is 5. The number of hydrogen-bond acceptors (Lipinski definition) is 1. The van der Waals surface area contributed by atoms with E-state index in [1.54, 1.807) is 0 Å². The molecule has 0 aliphatic carbocycles. The third-order valence-corrected chi connectivity index (χ3v) is 3.08. The fraction of sp³-hybridized carbons (Fsp3) is 0.467. The fourth-order valence-electron chi connectivity index (χ4n) is 1.53. The van der Waals surface area contributed by atoms with Crippen molar-refractivity contribution in [3.05, 3.63) is 46.2 Å². The van der Waals surface area contributed by atoms with Gasteiger partial charge in [0.05, 0.1) is 4.47 Å². The minimum Gasteiger partial charge on any atom is -0.312 e. The highest BCUT2D eigenvalue weighted by Crippen LogP contribution is 2.17. The molecule has 0 heterocycles. The molecular formula is C15H21BrFN. The summed E-state index contributed by atoms with van der Waals surface area (Å²) in [5.74, 6) is -0.211. The van der Waals surface area contributed by atoms with Gasteiger partial charge >= 0.3 is 0 Å². The Bertz CT molecular complexity index is 407. The van der Waals surface area contributed by atoms with E-state index in [0.29, 0.717) is 4.47 Å². The lowest BCUT2D eigenvalue weighted by atomic mass is 10.1. The van der Waals surface area contributed by atoms with E-state index in [-0.39, 0.29) is 11.4 Å². The largest absolute Gasteiger partial charge is 0.312 e. The summed E-state index contributed by atoms with van der Waals surface area (Å²) in [7, 11) is 0. The number of nitrogens with one attached hydrogen (secondary N) is 1. The van der Waals surface area contributed by atoms with Crippen molar-refractivity contribution in [2.24, 2.45) is 0 Å². The van der Waals surface area contributed by atoms with E-state index in [1.165, 1.54) is 6.07 Å². The van der Waals surface area contributed by atoms with Crippen LogP contribution in [0.2, 0.25) is 0 Å². The summed E-state index contributed by atoms with van der Waals surface area (Å²) in [6.45, 7) is 7.46. The van der Waals surface area contributed by atoms with E-state index in [2.05, 4.69) is 54.2 Å². The molecule has 0 aliphatic rings. The minimum absolute atomic E-state index is 0.176. The molecule has 0 bridgehead atoms. The number of allylic oxidation sites excluding steroid dienone is 1. The molecular weight excluding hydrogens is 293 g/mol. The van der Waals surface area contributed by atoms with Gasteiger partial charge in [-0.15, -0.1) is 0 Å². The summed E-state index contributed by atoms with van der Waals surface area (Å²) >= 11 is 3.19. The zero-order valence-electron chi connectivity index (χ0n) is 11.3. The van der Waals surface area contributed by atoms with Gasteiger partial charge in [0.2, 0.25) is 0 Å². The van der Waals surface area contributed by atoms with Crippen LogP contribution in [0.15, 0.2) is 34.8 Å². The molecule has 0 spiro atoms. The van der Waals surface area contributed by atoms with Crippen LogP contribution in [0.1, 0.15) is 32.8 Å². The first kappa shape index (κ1) is 15.4. The lowest BCUT2D eigenvalue weighted by molar-refractivity contribution is 0.431. The maximum Gasteiger partial charge on any atom is 0.137 e. The maximum atomic E-state index is 13.0. The molecule has 3 heteroatoms. The van der Waals surface area contributed by atoms with Gasteiger partial charge in [-0.1, -0.05) is 18.2 Å². The van der Waals surface area contributed by atoms with Crippen molar-refractivity contribution in [1.29, 1.82) is 0 Å². The molecule has 1 nitrogen and oxygen atoms in total. The van der Waals surface area contributed by atoms with Gasteiger partial charge in [-0.05, 0) is 73.8 Å². The average molecular weight is 314 g/mol. The molecule has 0 unspecified atom stereocenters. The second-order valence-electron chi connectivity index (χ2n) is 5.39. The van der Waals surface area contributed by atoms with E-state index in [0.717, 1.165) is 24.9 Å². The third kappa shape index (κ3) is 6.31. The van der Waals surface area contributed by atoms with Crippen LogP contribution in [-0.4, -0.2) is 12.1 Å². The van der Waals surface area contributed by atoms with Gasteiger partial charge in [0, 0.05) is 5.54 Å². The molecule has 100 valence electrons. The highest BCUT2D eigenvalue weighted by atomic mass is 79.9. The molecule has 18 heavy (non-hydrogen) atoms. The van der Waals surface area contributed by atoms with Crippen molar-refractivity contribution < 1.29 is 4.39 Å². The molecule has 0 aromatic heterocycles. The number of halogens is 2. The average Bonchev–Trinajstić information content (AvgIpc) is 2.26. The Morgan fingerprint density at radius 2 is 2.00 bits per heavy atom. The summed E-state index contributed by atoms with van der Waals surface area (Å²) in [6.07, 6.45) is 6.15. The Labute approximate surface area is 118 Å².